The third-order valence-corrected chi connectivity index (χ3v) is 5.68. The molecule has 0 aromatic carbocycles. The third kappa shape index (κ3) is 4.55. The Hall–Kier alpha value is -1.45. The van der Waals surface area contributed by atoms with Crippen molar-refractivity contribution in [3.8, 4) is 9.88 Å². The summed E-state index contributed by atoms with van der Waals surface area (Å²) in [5.41, 5.74) is 0.957. The number of thiazole rings is 1. The molecule has 0 radical (unpaired) electrons. The van der Waals surface area contributed by atoms with Gasteiger partial charge in [0, 0.05) is 38.1 Å². The van der Waals surface area contributed by atoms with Gasteiger partial charge >= 0.3 is 6.18 Å². The Morgan fingerprint density at radius 1 is 1.21 bits per heavy atom. The summed E-state index contributed by atoms with van der Waals surface area (Å²) in [6.45, 7) is 2.45. The number of amides is 1. The highest BCUT2D eigenvalue weighted by atomic mass is 32.1. The number of carbonyl (C=O) groups is 1. The lowest BCUT2D eigenvalue weighted by atomic mass is 10.2. The Balaban J connectivity index is 1.50. The molecular weight excluding hydrogens is 359 g/mol. The quantitative estimate of drug-likeness (QED) is 0.821. The number of nitrogens with zero attached hydrogens (tertiary/aromatic N) is 3. The maximum absolute atomic E-state index is 12.3. The summed E-state index contributed by atoms with van der Waals surface area (Å²) in [5.74, 6) is -0.837. The Morgan fingerprint density at radius 3 is 2.58 bits per heavy atom. The van der Waals surface area contributed by atoms with Crippen LogP contribution in [-0.4, -0.2) is 53.0 Å². The van der Waals surface area contributed by atoms with Gasteiger partial charge in [0.1, 0.15) is 11.4 Å². The van der Waals surface area contributed by atoms with E-state index in [1.807, 2.05) is 22.9 Å². The third-order valence-electron chi connectivity index (χ3n) is 3.75. The van der Waals surface area contributed by atoms with E-state index < -0.39 is 18.5 Å². The van der Waals surface area contributed by atoms with Crippen LogP contribution in [0.1, 0.15) is 12.1 Å². The van der Waals surface area contributed by atoms with E-state index in [0.29, 0.717) is 32.7 Å². The molecule has 4 nitrogen and oxygen atoms in total. The van der Waals surface area contributed by atoms with Crippen LogP contribution in [0, 0.1) is 0 Å². The predicted molar refractivity (Wildman–Crippen MR) is 88.0 cm³/mol. The van der Waals surface area contributed by atoms with E-state index in [-0.39, 0.29) is 0 Å². The van der Waals surface area contributed by atoms with Crippen molar-refractivity contribution >= 4 is 28.6 Å². The Labute approximate surface area is 145 Å². The Bertz CT molecular complexity index is 676. The summed E-state index contributed by atoms with van der Waals surface area (Å²) in [4.78, 5) is 20.7. The molecule has 1 saturated heterocycles. The van der Waals surface area contributed by atoms with Crippen molar-refractivity contribution < 1.29 is 18.0 Å². The second kappa shape index (κ2) is 7.20. The van der Waals surface area contributed by atoms with E-state index >= 15 is 0 Å². The summed E-state index contributed by atoms with van der Waals surface area (Å²) in [6, 6.07) is 4.01. The first-order valence-corrected chi connectivity index (χ1v) is 9.22. The topological polar surface area (TPSA) is 36.4 Å². The lowest BCUT2D eigenvalue weighted by Crippen LogP contribution is -2.49. The van der Waals surface area contributed by atoms with E-state index in [0.717, 1.165) is 15.6 Å². The molecule has 0 atom stereocenters. The number of piperazine rings is 1. The molecule has 0 aliphatic carbocycles. The van der Waals surface area contributed by atoms with Crippen LogP contribution in [0.25, 0.3) is 9.88 Å². The van der Waals surface area contributed by atoms with Gasteiger partial charge in [-0.2, -0.15) is 13.2 Å². The Morgan fingerprint density at radius 2 is 1.96 bits per heavy atom. The van der Waals surface area contributed by atoms with Crippen LogP contribution >= 0.6 is 22.7 Å². The number of alkyl halides is 3. The van der Waals surface area contributed by atoms with Crippen molar-refractivity contribution in [2.75, 3.05) is 26.2 Å². The molecule has 9 heteroatoms. The fraction of sp³-hybridized carbons (Fsp3) is 0.467. The molecule has 0 bridgehead atoms. The van der Waals surface area contributed by atoms with E-state index in [9.17, 15) is 18.0 Å². The van der Waals surface area contributed by atoms with Gasteiger partial charge in [-0.1, -0.05) is 6.07 Å². The fourth-order valence-corrected chi connectivity index (χ4v) is 4.19. The molecule has 130 valence electrons. The number of carbonyl (C=O) groups excluding carboxylic acids is 1. The van der Waals surface area contributed by atoms with Crippen LogP contribution in [0.15, 0.2) is 22.9 Å². The van der Waals surface area contributed by atoms with Crippen molar-refractivity contribution in [3.63, 3.8) is 0 Å². The maximum Gasteiger partial charge on any atom is 0.397 e. The molecule has 1 aliphatic rings. The van der Waals surface area contributed by atoms with E-state index in [2.05, 4.69) is 9.88 Å². The SMILES string of the molecule is O=C(CC(F)(F)F)N1CCN(Cc2csc(-c3cccs3)n2)CC1. The van der Waals surface area contributed by atoms with E-state index in [1.54, 1.807) is 22.7 Å². The van der Waals surface area contributed by atoms with Gasteiger partial charge < -0.3 is 4.90 Å². The molecule has 0 spiro atoms. The summed E-state index contributed by atoms with van der Waals surface area (Å²) in [5, 5.41) is 5.00. The van der Waals surface area contributed by atoms with Crippen molar-refractivity contribution in [3.05, 3.63) is 28.6 Å². The normalized spacial score (nSPS) is 16.5. The molecule has 1 fully saturated rings. The lowest BCUT2D eigenvalue weighted by Gasteiger charge is -2.34. The minimum Gasteiger partial charge on any atom is -0.340 e. The van der Waals surface area contributed by atoms with Crippen molar-refractivity contribution in [2.45, 2.75) is 19.1 Å². The zero-order chi connectivity index (χ0) is 17.2. The molecule has 0 saturated carbocycles. The molecule has 1 amide bonds. The molecule has 0 unspecified atom stereocenters. The molecule has 2 aromatic rings. The molecule has 0 N–H and O–H groups in total. The fourth-order valence-electron chi connectivity index (χ4n) is 2.56. The number of hydrogen-bond acceptors (Lipinski definition) is 5. The standard InChI is InChI=1S/C15H16F3N3OS2/c16-15(17,18)8-13(22)21-5-3-20(4-6-21)9-11-10-24-14(19-11)12-2-1-7-23-12/h1-2,7,10H,3-6,8-9H2. The highest BCUT2D eigenvalue weighted by Gasteiger charge is 2.34. The van der Waals surface area contributed by atoms with Gasteiger partial charge in [0.05, 0.1) is 10.6 Å². The smallest absolute Gasteiger partial charge is 0.340 e. The molecule has 24 heavy (non-hydrogen) atoms. The maximum atomic E-state index is 12.3. The first-order valence-electron chi connectivity index (χ1n) is 7.46. The molecular formula is C15H16F3N3OS2. The van der Waals surface area contributed by atoms with Crippen LogP contribution < -0.4 is 0 Å². The molecule has 2 aromatic heterocycles. The van der Waals surface area contributed by atoms with E-state index in [1.165, 1.54) is 4.90 Å². The molecule has 3 heterocycles. The number of rotatable bonds is 4. The second-order valence-corrected chi connectivity index (χ2v) is 7.38. The minimum absolute atomic E-state index is 0.330. The van der Waals surface area contributed by atoms with Gasteiger partial charge in [0.2, 0.25) is 5.91 Å². The summed E-state index contributed by atoms with van der Waals surface area (Å²) >= 11 is 3.23. The number of halogens is 3. The lowest BCUT2D eigenvalue weighted by molar-refractivity contribution is -0.162. The van der Waals surface area contributed by atoms with Crippen LogP contribution in [0.2, 0.25) is 0 Å². The summed E-state index contributed by atoms with van der Waals surface area (Å²) in [7, 11) is 0. The first kappa shape index (κ1) is 17.4. The molecule has 1 aliphatic heterocycles. The van der Waals surface area contributed by atoms with Crippen LogP contribution in [0.4, 0.5) is 13.2 Å². The van der Waals surface area contributed by atoms with Gasteiger partial charge in [0.25, 0.3) is 0 Å². The van der Waals surface area contributed by atoms with Gasteiger partial charge in [0.15, 0.2) is 0 Å². The average Bonchev–Trinajstić information content (AvgIpc) is 3.16. The highest BCUT2D eigenvalue weighted by Crippen LogP contribution is 2.28. The van der Waals surface area contributed by atoms with Gasteiger partial charge in [-0.3, -0.25) is 9.69 Å². The van der Waals surface area contributed by atoms with Crippen LogP contribution in [0.3, 0.4) is 0 Å². The van der Waals surface area contributed by atoms with E-state index in [4.69, 9.17) is 0 Å². The van der Waals surface area contributed by atoms with Crippen molar-refractivity contribution in [1.29, 1.82) is 0 Å². The number of hydrogen-bond donors (Lipinski definition) is 0. The van der Waals surface area contributed by atoms with Gasteiger partial charge in [-0.25, -0.2) is 4.98 Å². The molecule has 3 rings (SSSR count). The van der Waals surface area contributed by atoms with Gasteiger partial charge in [-0.15, -0.1) is 22.7 Å². The van der Waals surface area contributed by atoms with Crippen molar-refractivity contribution in [2.24, 2.45) is 0 Å². The largest absolute Gasteiger partial charge is 0.397 e. The second-order valence-electron chi connectivity index (χ2n) is 5.57. The minimum atomic E-state index is -4.44. The van der Waals surface area contributed by atoms with Crippen LogP contribution in [-0.2, 0) is 11.3 Å². The average molecular weight is 375 g/mol. The summed E-state index contributed by atoms with van der Waals surface area (Å²) < 4.78 is 36.8. The zero-order valence-corrected chi connectivity index (χ0v) is 14.4. The monoisotopic (exact) mass is 375 g/mol. The van der Waals surface area contributed by atoms with Crippen molar-refractivity contribution in [1.82, 2.24) is 14.8 Å². The highest BCUT2D eigenvalue weighted by molar-refractivity contribution is 7.20. The first-order chi connectivity index (χ1) is 11.4. The number of aromatic nitrogens is 1. The van der Waals surface area contributed by atoms with Gasteiger partial charge in [-0.05, 0) is 11.4 Å². The predicted octanol–water partition coefficient (Wildman–Crippen LogP) is 3.47. The number of thiophene rings is 1. The zero-order valence-electron chi connectivity index (χ0n) is 12.8. The Kier molecular flexibility index (Phi) is 5.21. The summed E-state index contributed by atoms with van der Waals surface area (Å²) in [6.07, 6.45) is -5.81. The van der Waals surface area contributed by atoms with Crippen LogP contribution in [0.5, 0.6) is 0 Å².